The van der Waals surface area contributed by atoms with Crippen LogP contribution >= 0.6 is 0 Å². The second kappa shape index (κ2) is 8.54. The Hall–Kier alpha value is -2.70. The molecule has 1 atom stereocenters. The van der Waals surface area contributed by atoms with Gasteiger partial charge in [0.1, 0.15) is 17.6 Å². The molecule has 0 radical (unpaired) electrons. The number of alkyl halides is 3. The standard InChI is InChI=1S/C21H22F3NO3/c1-2-15-7-9-16(10-8-15)27-14-20(26)25-12-11-17(13-25)28-19-6-4-3-5-18(19)21(22,23)24/h3-10,17H,2,11-14H2,1H3/t17-/m0/s1. The van der Waals surface area contributed by atoms with E-state index in [2.05, 4.69) is 6.92 Å². The highest BCUT2D eigenvalue weighted by Gasteiger charge is 2.36. The number of hydrogen-bond acceptors (Lipinski definition) is 3. The van der Waals surface area contributed by atoms with Gasteiger partial charge in [0, 0.05) is 13.0 Å². The van der Waals surface area contributed by atoms with Gasteiger partial charge in [0.2, 0.25) is 0 Å². The molecule has 0 spiro atoms. The topological polar surface area (TPSA) is 38.8 Å². The van der Waals surface area contributed by atoms with Crippen molar-refractivity contribution in [2.24, 2.45) is 0 Å². The third-order valence-electron chi connectivity index (χ3n) is 4.68. The average Bonchev–Trinajstić information content (AvgIpc) is 3.14. The molecule has 0 aromatic heterocycles. The van der Waals surface area contributed by atoms with E-state index in [1.165, 1.54) is 23.8 Å². The molecule has 4 nitrogen and oxygen atoms in total. The molecule has 0 N–H and O–H groups in total. The highest BCUT2D eigenvalue weighted by atomic mass is 19.4. The van der Waals surface area contributed by atoms with Crippen molar-refractivity contribution in [3.8, 4) is 11.5 Å². The van der Waals surface area contributed by atoms with Crippen molar-refractivity contribution in [2.75, 3.05) is 19.7 Å². The Labute approximate surface area is 161 Å². The maximum absolute atomic E-state index is 13.1. The van der Waals surface area contributed by atoms with Gasteiger partial charge in [-0.15, -0.1) is 0 Å². The minimum Gasteiger partial charge on any atom is -0.488 e. The SMILES string of the molecule is CCc1ccc(OCC(=O)N2CC[C@H](Oc3ccccc3C(F)(F)F)C2)cc1. The van der Waals surface area contributed by atoms with E-state index in [0.717, 1.165) is 12.5 Å². The number of para-hydroxylation sites is 1. The van der Waals surface area contributed by atoms with Crippen LogP contribution in [-0.4, -0.2) is 36.6 Å². The predicted molar refractivity (Wildman–Crippen MR) is 98.4 cm³/mol. The molecule has 1 amide bonds. The van der Waals surface area contributed by atoms with Crippen molar-refractivity contribution in [2.45, 2.75) is 32.0 Å². The van der Waals surface area contributed by atoms with Gasteiger partial charge < -0.3 is 14.4 Å². The van der Waals surface area contributed by atoms with Gasteiger partial charge in [-0.25, -0.2) is 0 Å². The van der Waals surface area contributed by atoms with Crippen LogP contribution in [0.4, 0.5) is 13.2 Å². The second-order valence-corrected chi connectivity index (χ2v) is 6.65. The van der Waals surface area contributed by atoms with E-state index >= 15 is 0 Å². The Morgan fingerprint density at radius 2 is 1.86 bits per heavy atom. The van der Waals surface area contributed by atoms with Crippen LogP contribution in [0.1, 0.15) is 24.5 Å². The maximum atomic E-state index is 13.1. The molecule has 0 saturated carbocycles. The highest BCUT2D eigenvalue weighted by Crippen LogP contribution is 2.36. The number of likely N-dealkylation sites (tertiary alicyclic amines) is 1. The van der Waals surface area contributed by atoms with Crippen LogP contribution in [0.2, 0.25) is 0 Å². The van der Waals surface area contributed by atoms with E-state index in [9.17, 15) is 18.0 Å². The Kier molecular flexibility index (Phi) is 6.11. The van der Waals surface area contributed by atoms with Gasteiger partial charge in [0.05, 0.1) is 12.1 Å². The van der Waals surface area contributed by atoms with E-state index in [1.807, 2.05) is 24.3 Å². The summed E-state index contributed by atoms with van der Waals surface area (Å²) in [7, 11) is 0. The molecule has 2 aromatic rings. The number of carbonyl (C=O) groups excluding carboxylic acids is 1. The first-order valence-corrected chi connectivity index (χ1v) is 9.19. The molecule has 0 bridgehead atoms. The van der Waals surface area contributed by atoms with Crippen molar-refractivity contribution >= 4 is 5.91 Å². The van der Waals surface area contributed by atoms with Crippen LogP contribution in [0.25, 0.3) is 0 Å². The lowest BCUT2D eigenvalue weighted by Crippen LogP contribution is -2.34. The predicted octanol–water partition coefficient (Wildman–Crippen LogP) is 4.33. The minimum absolute atomic E-state index is 0.114. The lowest BCUT2D eigenvalue weighted by atomic mass is 10.2. The molecule has 1 heterocycles. The quantitative estimate of drug-likeness (QED) is 0.734. The zero-order valence-electron chi connectivity index (χ0n) is 15.5. The Morgan fingerprint density at radius 3 is 2.54 bits per heavy atom. The number of hydrogen-bond donors (Lipinski definition) is 0. The van der Waals surface area contributed by atoms with E-state index < -0.39 is 17.8 Å². The number of nitrogens with zero attached hydrogens (tertiary/aromatic N) is 1. The van der Waals surface area contributed by atoms with E-state index in [4.69, 9.17) is 9.47 Å². The third kappa shape index (κ3) is 4.97. The average molecular weight is 393 g/mol. The first kappa shape index (κ1) is 20.0. The van der Waals surface area contributed by atoms with E-state index in [-0.39, 0.29) is 24.8 Å². The van der Waals surface area contributed by atoms with E-state index in [1.54, 1.807) is 4.90 Å². The Balaban J connectivity index is 1.53. The smallest absolute Gasteiger partial charge is 0.419 e. The number of aryl methyl sites for hydroxylation is 1. The molecular weight excluding hydrogens is 371 g/mol. The first-order valence-electron chi connectivity index (χ1n) is 9.19. The summed E-state index contributed by atoms with van der Waals surface area (Å²) in [6.45, 7) is 2.61. The maximum Gasteiger partial charge on any atom is 0.419 e. The third-order valence-corrected chi connectivity index (χ3v) is 4.68. The monoisotopic (exact) mass is 393 g/mol. The fraction of sp³-hybridized carbons (Fsp3) is 0.381. The summed E-state index contributed by atoms with van der Waals surface area (Å²) in [4.78, 5) is 13.9. The van der Waals surface area contributed by atoms with Crippen LogP contribution in [0.5, 0.6) is 11.5 Å². The molecule has 1 fully saturated rings. The number of amides is 1. The summed E-state index contributed by atoms with van der Waals surface area (Å²) in [5, 5.41) is 0. The first-order chi connectivity index (χ1) is 13.4. The normalized spacial score (nSPS) is 16.9. The Morgan fingerprint density at radius 1 is 1.14 bits per heavy atom. The summed E-state index contributed by atoms with van der Waals surface area (Å²) in [5.74, 6) is 0.188. The van der Waals surface area contributed by atoms with Gasteiger partial charge in [-0.05, 0) is 36.2 Å². The van der Waals surface area contributed by atoms with Crippen LogP contribution in [0.15, 0.2) is 48.5 Å². The molecule has 1 aliphatic rings. The largest absolute Gasteiger partial charge is 0.488 e. The van der Waals surface area contributed by atoms with Gasteiger partial charge in [-0.3, -0.25) is 4.79 Å². The molecule has 1 aliphatic heterocycles. The highest BCUT2D eigenvalue weighted by molar-refractivity contribution is 5.78. The molecule has 0 aliphatic carbocycles. The fourth-order valence-electron chi connectivity index (χ4n) is 3.09. The Bertz CT molecular complexity index is 805. The molecule has 3 rings (SSSR count). The number of carbonyl (C=O) groups is 1. The van der Waals surface area contributed by atoms with Gasteiger partial charge >= 0.3 is 6.18 Å². The van der Waals surface area contributed by atoms with Crippen molar-refractivity contribution in [1.82, 2.24) is 4.90 Å². The van der Waals surface area contributed by atoms with Gasteiger partial charge in [0.15, 0.2) is 6.61 Å². The number of rotatable bonds is 6. The van der Waals surface area contributed by atoms with Gasteiger partial charge in [-0.2, -0.15) is 13.2 Å². The lowest BCUT2D eigenvalue weighted by molar-refractivity contribution is -0.139. The molecular formula is C21H22F3NO3. The molecule has 0 unspecified atom stereocenters. The van der Waals surface area contributed by atoms with Crippen molar-refractivity contribution in [3.05, 3.63) is 59.7 Å². The zero-order valence-corrected chi connectivity index (χ0v) is 15.5. The summed E-state index contributed by atoms with van der Waals surface area (Å²) in [6.07, 6.45) is -3.56. The molecule has 28 heavy (non-hydrogen) atoms. The fourth-order valence-corrected chi connectivity index (χ4v) is 3.09. The summed E-state index contributed by atoms with van der Waals surface area (Å²) >= 11 is 0. The molecule has 150 valence electrons. The van der Waals surface area contributed by atoms with Crippen molar-refractivity contribution in [1.29, 1.82) is 0 Å². The summed E-state index contributed by atoms with van der Waals surface area (Å²) in [6, 6.07) is 12.6. The zero-order chi connectivity index (χ0) is 20.1. The molecule has 7 heteroatoms. The van der Waals surface area contributed by atoms with Gasteiger partial charge in [-0.1, -0.05) is 31.2 Å². The number of ether oxygens (including phenoxy) is 2. The van der Waals surface area contributed by atoms with Gasteiger partial charge in [0.25, 0.3) is 5.91 Å². The summed E-state index contributed by atoms with van der Waals surface area (Å²) < 4.78 is 50.3. The number of halogens is 3. The minimum atomic E-state index is -4.48. The van der Waals surface area contributed by atoms with Crippen LogP contribution in [-0.2, 0) is 17.4 Å². The van der Waals surface area contributed by atoms with Crippen LogP contribution < -0.4 is 9.47 Å². The van der Waals surface area contributed by atoms with E-state index in [0.29, 0.717) is 18.7 Å². The van der Waals surface area contributed by atoms with Crippen molar-refractivity contribution < 1.29 is 27.4 Å². The van der Waals surface area contributed by atoms with Crippen molar-refractivity contribution in [3.63, 3.8) is 0 Å². The molecule has 2 aromatic carbocycles. The molecule has 1 saturated heterocycles. The second-order valence-electron chi connectivity index (χ2n) is 6.65. The number of benzene rings is 2. The van der Waals surface area contributed by atoms with Crippen LogP contribution in [0, 0.1) is 0 Å². The lowest BCUT2D eigenvalue weighted by Gasteiger charge is -2.19. The summed E-state index contributed by atoms with van der Waals surface area (Å²) in [5.41, 5.74) is 0.371. The van der Waals surface area contributed by atoms with Crippen LogP contribution in [0.3, 0.4) is 0 Å².